The first kappa shape index (κ1) is 18.1. The lowest BCUT2D eigenvalue weighted by Gasteiger charge is -2.11. The summed E-state index contributed by atoms with van der Waals surface area (Å²) in [7, 11) is 3.05. The van der Waals surface area contributed by atoms with Gasteiger partial charge in [-0.25, -0.2) is 5.43 Å². The van der Waals surface area contributed by atoms with Crippen LogP contribution < -0.4 is 20.2 Å². The number of methoxy groups -OCH3 is 2. The largest absolute Gasteiger partial charge is 0.497 e. The zero-order valence-corrected chi connectivity index (χ0v) is 14.2. The molecule has 0 unspecified atom stereocenters. The average Bonchev–Trinajstić information content (AvgIpc) is 3.14. The molecule has 0 atom stereocenters. The number of anilines is 1. The predicted molar refractivity (Wildman–Crippen MR) is 92.1 cm³/mol. The average molecular weight is 345 g/mol. The molecule has 0 saturated carbocycles. The van der Waals surface area contributed by atoms with Gasteiger partial charge in [-0.1, -0.05) is 0 Å². The molecular formula is C17H19N3O5. The predicted octanol–water partition coefficient (Wildman–Crippen LogP) is 2.43. The molecule has 0 radical (unpaired) electrons. The van der Waals surface area contributed by atoms with Gasteiger partial charge in [0.05, 0.1) is 32.6 Å². The van der Waals surface area contributed by atoms with E-state index in [1.54, 1.807) is 38.3 Å². The van der Waals surface area contributed by atoms with Crippen LogP contribution in [0.15, 0.2) is 46.1 Å². The molecule has 2 rings (SSSR count). The Kier molecular flexibility index (Phi) is 6.16. The summed E-state index contributed by atoms with van der Waals surface area (Å²) in [5.74, 6) is 0.462. The second-order valence-electron chi connectivity index (χ2n) is 5.06. The number of carbonyl (C=O) groups is 2. The van der Waals surface area contributed by atoms with Crippen molar-refractivity contribution in [1.82, 2.24) is 5.43 Å². The topological polar surface area (TPSA) is 102 Å². The molecule has 0 aliphatic carbocycles. The molecule has 0 bridgehead atoms. The minimum absolute atomic E-state index is 0.00756. The Bertz CT molecular complexity index is 769. The number of hydrogen-bond acceptors (Lipinski definition) is 6. The number of nitrogens with zero attached hydrogens (tertiary/aromatic N) is 1. The van der Waals surface area contributed by atoms with Gasteiger partial charge in [-0.05, 0) is 31.2 Å². The van der Waals surface area contributed by atoms with E-state index >= 15 is 0 Å². The van der Waals surface area contributed by atoms with Crippen LogP contribution in [0.25, 0.3) is 0 Å². The highest BCUT2D eigenvalue weighted by molar-refractivity contribution is 6.06. The highest BCUT2D eigenvalue weighted by Crippen LogP contribution is 2.29. The van der Waals surface area contributed by atoms with Crippen molar-refractivity contribution in [3.05, 3.63) is 42.4 Å². The van der Waals surface area contributed by atoms with Gasteiger partial charge in [0, 0.05) is 11.8 Å². The van der Waals surface area contributed by atoms with Crippen LogP contribution in [-0.4, -0.2) is 31.7 Å². The molecule has 8 nitrogen and oxygen atoms in total. The van der Waals surface area contributed by atoms with E-state index in [9.17, 15) is 9.59 Å². The first-order chi connectivity index (χ1) is 12.0. The van der Waals surface area contributed by atoms with E-state index in [1.165, 1.54) is 19.4 Å². The minimum Gasteiger partial charge on any atom is -0.497 e. The fraction of sp³-hybridized carbons (Fsp3) is 0.235. The van der Waals surface area contributed by atoms with Gasteiger partial charge < -0.3 is 19.2 Å². The summed E-state index contributed by atoms with van der Waals surface area (Å²) >= 11 is 0. The Morgan fingerprint density at radius 2 is 2.00 bits per heavy atom. The van der Waals surface area contributed by atoms with Crippen LogP contribution in [0.1, 0.15) is 23.9 Å². The van der Waals surface area contributed by atoms with E-state index in [4.69, 9.17) is 13.9 Å². The van der Waals surface area contributed by atoms with E-state index < -0.39 is 5.91 Å². The van der Waals surface area contributed by atoms with Gasteiger partial charge in [-0.2, -0.15) is 5.10 Å². The third-order valence-electron chi connectivity index (χ3n) is 3.19. The number of benzene rings is 1. The Labute approximate surface area is 144 Å². The van der Waals surface area contributed by atoms with Crippen LogP contribution >= 0.6 is 0 Å². The highest BCUT2D eigenvalue weighted by atomic mass is 16.5. The van der Waals surface area contributed by atoms with Crippen molar-refractivity contribution in [2.45, 2.75) is 13.3 Å². The number of ether oxygens (including phenoxy) is 2. The third-order valence-corrected chi connectivity index (χ3v) is 3.19. The van der Waals surface area contributed by atoms with Gasteiger partial charge >= 0.3 is 5.91 Å². The standard InChI is InChI=1S/C17H19N3O5/c1-11(19-20-17(22)14-5-4-8-25-14)9-16(21)18-13-7-6-12(23-2)10-15(13)24-3/h4-8,10H,9H2,1-3H3,(H,18,21)(H,20,22). The smallest absolute Gasteiger partial charge is 0.307 e. The fourth-order valence-electron chi connectivity index (χ4n) is 1.98. The van der Waals surface area contributed by atoms with Crippen LogP contribution in [0.4, 0.5) is 5.69 Å². The first-order valence-electron chi connectivity index (χ1n) is 7.42. The summed E-state index contributed by atoms with van der Waals surface area (Å²) in [4.78, 5) is 23.8. The molecule has 1 aromatic carbocycles. The minimum atomic E-state index is -0.485. The van der Waals surface area contributed by atoms with E-state index in [1.807, 2.05) is 0 Å². The van der Waals surface area contributed by atoms with Gasteiger partial charge in [-0.15, -0.1) is 0 Å². The van der Waals surface area contributed by atoms with Crippen molar-refractivity contribution in [3.63, 3.8) is 0 Å². The van der Waals surface area contributed by atoms with Crippen molar-refractivity contribution < 1.29 is 23.5 Å². The molecular weight excluding hydrogens is 326 g/mol. The first-order valence-corrected chi connectivity index (χ1v) is 7.42. The lowest BCUT2D eigenvalue weighted by Crippen LogP contribution is -2.21. The summed E-state index contributed by atoms with van der Waals surface area (Å²) in [5, 5.41) is 6.60. The molecule has 0 saturated heterocycles. The molecule has 0 aliphatic rings. The lowest BCUT2D eigenvalue weighted by molar-refractivity contribution is -0.115. The SMILES string of the molecule is COc1ccc(NC(=O)CC(C)=NNC(=O)c2ccco2)c(OC)c1. The third kappa shape index (κ3) is 5.10. The van der Waals surface area contributed by atoms with E-state index in [0.717, 1.165) is 0 Å². The molecule has 0 spiro atoms. The van der Waals surface area contributed by atoms with Crippen molar-refractivity contribution in [2.24, 2.45) is 5.10 Å². The maximum absolute atomic E-state index is 12.1. The summed E-state index contributed by atoms with van der Waals surface area (Å²) in [5.41, 5.74) is 3.28. The van der Waals surface area contributed by atoms with Crippen LogP contribution in [0, 0.1) is 0 Å². The second kappa shape index (κ2) is 8.53. The van der Waals surface area contributed by atoms with Gasteiger partial charge in [0.25, 0.3) is 0 Å². The van der Waals surface area contributed by atoms with Gasteiger partial charge in [0.1, 0.15) is 11.5 Å². The maximum Gasteiger partial charge on any atom is 0.307 e. The Morgan fingerprint density at radius 1 is 1.20 bits per heavy atom. The van der Waals surface area contributed by atoms with Crippen molar-refractivity contribution in [2.75, 3.05) is 19.5 Å². The number of carbonyl (C=O) groups excluding carboxylic acids is 2. The van der Waals surface area contributed by atoms with Crippen LogP contribution in [-0.2, 0) is 4.79 Å². The summed E-state index contributed by atoms with van der Waals surface area (Å²) in [6, 6.07) is 8.17. The Hall–Kier alpha value is -3.29. The number of nitrogens with one attached hydrogen (secondary N) is 2. The number of rotatable bonds is 7. The molecule has 2 aromatic rings. The zero-order chi connectivity index (χ0) is 18.2. The molecule has 1 aromatic heterocycles. The van der Waals surface area contributed by atoms with Crippen LogP contribution in [0.2, 0.25) is 0 Å². The van der Waals surface area contributed by atoms with E-state index in [-0.39, 0.29) is 18.1 Å². The number of hydrogen-bond donors (Lipinski definition) is 2. The Morgan fingerprint density at radius 3 is 2.64 bits per heavy atom. The monoisotopic (exact) mass is 345 g/mol. The normalized spacial score (nSPS) is 10.9. The van der Waals surface area contributed by atoms with E-state index in [2.05, 4.69) is 15.8 Å². The number of amides is 2. The quantitative estimate of drug-likeness (QED) is 0.593. The molecule has 2 amide bonds. The van der Waals surface area contributed by atoms with Gasteiger partial charge in [-0.3, -0.25) is 9.59 Å². The fourth-order valence-corrected chi connectivity index (χ4v) is 1.98. The number of furan rings is 1. The second-order valence-corrected chi connectivity index (χ2v) is 5.06. The Balaban J connectivity index is 1.93. The molecule has 0 fully saturated rings. The maximum atomic E-state index is 12.1. The lowest BCUT2D eigenvalue weighted by atomic mass is 10.2. The van der Waals surface area contributed by atoms with Crippen LogP contribution in [0.5, 0.6) is 11.5 Å². The van der Waals surface area contributed by atoms with Gasteiger partial charge in [0.2, 0.25) is 5.91 Å². The molecule has 25 heavy (non-hydrogen) atoms. The molecule has 0 aliphatic heterocycles. The number of hydrazone groups is 1. The van der Waals surface area contributed by atoms with Crippen molar-refractivity contribution >= 4 is 23.2 Å². The van der Waals surface area contributed by atoms with E-state index in [0.29, 0.717) is 22.9 Å². The summed E-state index contributed by atoms with van der Waals surface area (Å²) < 4.78 is 15.3. The molecule has 132 valence electrons. The van der Waals surface area contributed by atoms with Crippen LogP contribution in [0.3, 0.4) is 0 Å². The molecule has 8 heteroatoms. The van der Waals surface area contributed by atoms with Gasteiger partial charge in [0.15, 0.2) is 5.76 Å². The van der Waals surface area contributed by atoms with Crippen molar-refractivity contribution in [3.8, 4) is 11.5 Å². The summed E-state index contributed by atoms with van der Waals surface area (Å²) in [6.45, 7) is 1.63. The molecule has 1 heterocycles. The highest BCUT2D eigenvalue weighted by Gasteiger charge is 2.11. The van der Waals surface area contributed by atoms with Crippen molar-refractivity contribution in [1.29, 1.82) is 0 Å². The zero-order valence-electron chi connectivity index (χ0n) is 14.2. The summed E-state index contributed by atoms with van der Waals surface area (Å²) in [6.07, 6.45) is 1.40. The molecule has 2 N–H and O–H groups in total.